The summed E-state index contributed by atoms with van der Waals surface area (Å²) in [5.74, 6) is 1.08. The van der Waals surface area contributed by atoms with Gasteiger partial charge in [-0.1, -0.05) is 53.7 Å². The molecule has 0 bridgehead atoms. The van der Waals surface area contributed by atoms with Crippen molar-refractivity contribution in [2.45, 2.75) is 17.8 Å². The zero-order valence-electron chi connectivity index (χ0n) is 16.3. The fraction of sp³-hybridized carbons (Fsp3) is 0.143. The van der Waals surface area contributed by atoms with Crippen LogP contribution in [0.4, 0.5) is 0 Å². The van der Waals surface area contributed by atoms with Crippen LogP contribution in [0, 0.1) is 6.92 Å². The van der Waals surface area contributed by atoms with Gasteiger partial charge < -0.3 is 0 Å². The highest BCUT2D eigenvalue weighted by Gasteiger charge is 2.18. The van der Waals surface area contributed by atoms with Gasteiger partial charge in [-0.25, -0.2) is 4.68 Å². The van der Waals surface area contributed by atoms with Crippen molar-refractivity contribution in [1.29, 1.82) is 0 Å². The van der Waals surface area contributed by atoms with E-state index in [-0.39, 0.29) is 5.56 Å². The van der Waals surface area contributed by atoms with E-state index >= 15 is 0 Å². The lowest BCUT2D eigenvalue weighted by molar-refractivity contribution is 0.853. The van der Waals surface area contributed by atoms with E-state index < -0.39 is 0 Å². The van der Waals surface area contributed by atoms with E-state index in [1.54, 1.807) is 11.7 Å². The zero-order chi connectivity index (χ0) is 20.8. The molecule has 0 radical (unpaired) electrons. The summed E-state index contributed by atoms with van der Waals surface area (Å²) in [6.07, 6.45) is 0. The Labute approximate surface area is 180 Å². The topological polar surface area (TPSA) is 70.0 Å². The van der Waals surface area contributed by atoms with Gasteiger partial charge in [0.1, 0.15) is 5.15 Å². The van der Waals surface area contributed by atoms with Gasteiger partial charge in [-0.2, -0.15) is 5.10 Å². The van der Waals surface area contributed by atoms with Crippen LogP contribution in [-0.2, 0) is 12.8 Å². The van der Waals surface area contributed by atoms with Crippen molar-refractivity contribution in [3.05, 3.63) is 81.4 Å². The molecule has 3 aromatic heterocycles. The van der Waals surface area contributed by atoms with Crippen LogP contribution >= 0.6 is 23.4 Å². The number of fused-ring (bicyclic) bond motifs is 3. The number of aromatic nitrogens is 6. The quantitative estimate of drug-likeness (QED) is 0.398. The van der Waals surface area contributed by atoms with Crippen LogP contribution in [0.1, 0.15) is 11.3 Å². The number of rotatable bonds is 4. The highest BCUT2D eigenvalue weighted by Crippen LogP contribution is 2.30. The average Bonchev–Trinajstić information content (AvgIpc) is 3.32. The van der Waals surface area contributed by atoms with Gasteiger partial charge in [0.05, 0.1) is 22.3 Å². The highest BCUT2D eigenvalue weighted by atomic mass is 35.5. The molecule has 0 saturated carbocycles. The molecular weight excluding hydrogens is 420 g/mol. The molecule has 3 heterocycles. The summed E-state index contributed by atoms with van der Waals surface area (Å²) in [6, 6.07) is 17.3. The minimum atomic E-state index is -0.0925. The van der Waals surface area contributed by atoms with Crippen molar-refractivity contribution in [1.82, 2.24) is 28.9 Å². The maximum Gasteiger partial charge on any atom is 0.262 e. The largest absolute Gasteiger partial charge is 0.279 e. The monoisotopic (exact) mass is 436 g/mol. The molecule has 7 nitrogen and oxygen atoms in total. The molecule has 9 heteroatoms. The van der Waals surface area contributed by atoms with Crippen molar-refractivity contribution in [3.8, 4) is 5.69 Å². The van der Waals surface area contributed by atoms with Crippen molar-refractivity contribution in [3.63, 3.8) is 0 Å². The molecule has 0 fully saturated rings. The molecule has 0 atom stereocenters. The Kier molecular flexibility index (Phi) is 4.60. The van der Waals surface area contributed by atoms with Gasteiger partial charge in [-0.3, -0.25) is 13.8 Å². The third-order valence-corrected chi connectivity index (χ3v) is 6.41. The van der Waals surface area contributed by atoms with Gasteiger partial charge in [0, 0.05) is 18.4 Å². The van der Waals surface area contributed by atoms with Crippen LogP contribution < -0.4 is 5.56 Å². The average molecular weight is 437 g/mol. The summed E-state index contributed by atoms with van der Waals surface area (Å²) >= 11 is 8.17. The zero-order valence-corrected chi connectivity index (χ0v) is 17.9. The van der Waals surface area contributed by atoms with Crippen molar-refractivity contribution < 1.29 is 0 Å². The van der Waals surface area contributed by atoms with Crippen molar-refractivity contribution >= 4 is 40.0 Å². The molecule has 5 aromatic rings. The maximum atomic E-state index is 12.6. The van der Waals surface area contributed by atoms with E-state index in [4.69, 9.17) is 11.6 Å². The molecule has 0 aliphatic heterocycles. The first kappa shape index (κ1) is 18.9. The van der Waals surface area contributed by atoms with Crippen molar-refractivity contribution in [2.24, 2.45) is 7.05 Å². The molecule has 30 heavy (non-hydrogen) atoms. The van der Waals surface area contributed by atoms with Gasteiger partial charge in [0.25, 0.3) is 5.56 Å². The number of thioether (sulfide) groups is 1. The fourth-order valence-corrected chi connectivity index (χ4v) is 4.92. The predicted molar refractivity (Wildman–Crippen MR) is 119 cm³/mol. The molecule has 0 N–H and O–H groups in total. The number of para-hydroxylation sites is 2. The summed E-state index contributed by atoms with van der Waals surface area (Å²) in [5, 5.41) is 15.1. The first-order valence-corrected chi connectivity index (χ1v) is 10.7. The van der Waals surface area contributed by atoms with Crippen LogP contribution in [0.3, 0.4) is 0 Å². The second-order valence-electron chi connectivity index (χ2n) is 6.89. The minimum Gasteiger partial charge on any atom is -0.279 e. The van der Waals surface area contributed by atoms with Crippen LogP contribution in [0.15, 0.2) is 64.5 Å². The summed E-state index contributed by atoms with van der Waals surface area (Å²) in [5.41, 5.74) is 3.41. The standard InChI is InChI=1S/C21H17ClN6OS/c1-13-16(18(22)28(25-13)14-8-4-3-5-9-14)12-30-21-24-23-20-26(2)19(29)15-10-6-7-11-17(15)27(20)21/h3-11H,12H2,1-2H3. The number of benzene rings is 2. The molecular formula is C21H17ClN6OS. The van der Waals surface area contributed by atoms with E-state index in [0.717, 1.165) is 22.5 Å². The van der Waals surface area contributed by atoms with Gasteiger partial charge in [0.2, 0.25) is 5.78 Å². The Balaban J connectivity index is 1.56. The SMILES string of the molecule is Cc1nn(-c2ccccc2)c(Cl)c1CSc1nnc2n(C)c(=O)c3ccccc3n12. The third-order valence-electron chi connectivity index (χ3n) is 5.06. The molecule has 0 unspecified atom stereocenters. The Morgan fingerprint density at radius 3 is 2.57 bits per heavy atom. The van der Waals surface area contributed by atoms with Crippen molar-refractivity contribution in [2.75, 3.05) is 0 Å². The smallest absolute Gasteiger partial charge is 0.262 e. The second kappa shape index (κ2) is 7.30. The normalized spacial score (nSPS) is 11.6. The number of hydrogen-bond acceptors (Lipinski definition) is 5. The van der Waals surface area contributed by atoms with Gasteiger partial charge >= 0.3 is 0 Å². The maximum absolute atomic E-state index is 12.6. The number of aryl methyl sites for hydroxylation is 2. The Hall–Kier alpha value is -3.10. The van der Waals surface area contributed by atoms with E-state index in [2.05, 4.69) is 15.3 Å². The second-order valence-corrected chi connectivity index (χ2v) is 8.19. The summed E-state index contributed by atoms with van der Waals surface area (Å²) in [7, 11) is 1.71. The Bertz CT molecular complexity index is 1450. The lowest BCUT2D eigenvalue weighted by atomic mass is 10.2. The Morgan fingerprint density at radius 1 is 1.03 bits per heavy atom. The van der Waals surface area contributed by atoms with Gasteiger partial charge in [-0.15, -0.1) is 10.2 Å². The summed E-state index contributed by atoms with van der Waals surface area (Å²) < 4.78 is 5.17. The van der Waals surface area contributed by atoms with E-state index in [0.29, 0.717) is 27.2 Å². The molecule has 5 rings (SSSR count). The lowest BCUT2D eigenvalue weighted by Gasteiger charge is -2.07. The molecule has 0 aliphatic rings. The highest BCUT2D eigenvalue weighted by molar-refractivity contribution is 7.98. The molecule has 0 saturated heterocycles. The number of hydrogen-bond donors (Lipinski definition) is 0. The fourth-order valence-electron chi connectivity index (χ4n) is 3.48. The molecule has 2 aromatic carbocycles. The molecule has 150 valence electrons. The van der Waals surface area contributed by atoms with E-state index in [1.165, 1.54) is 16.3 Å². The molecule has 0 amide bonds. The third kappa shape index (κ3) is 2.91. The molecule has 0 aliphatic carbocycles. The van der Waals surface area contributed by atoms with Crippen LogP contribution in [-0.4, -0.2) is 28.9 Å². The first-order valence-electron chi connectivity index (χ1n) is 9.31. The number of nitrogens with zero attached hydrogens (tertiary/aromatic N) is 6. The van der Waals surface area contributed by atoms with E-state index in [9.17, 15) is 4.79 Å². The predicted octanol–water partition coefficient (Wildman–Crippen LogP) is 4.02. The van der Waals surface area contributed by atoms with Crippen LogP contribution in [0.5, 0.6) is 0 Å². The molecule has 0 spiro atoms. The first-order chi connectivity index (χ1) is 14.6. The van der Waals surface area contributed by atoms with Gasteiger partial charge in [0.15, 0.2) is 5.16 Å². The summed E-state index contributed by atoms with van der Waals surface area (Å²) in [4.78, 5) is 12.6. The summed E-state index contributed by atoms with van der Waals surface area (Å²) in [6.45, 7) is 1.95. The van der Waals surface area contributed by atoms with Crippen LogP contribution in [0.25, 0.3) is 22.4 Å². The van der Waals surface area contributed by atoms with E-state index in [1.807, 2.05) is 65.9 Å². The Morgan fingerprint density at radius 2 is 1.77 bits per heavy atom. The lowest BCUT2D eigenvalue weighted by Crippen LogP contribution is -2.20. The number of halogens is 1. The van der Waals surface area contributed by atoms with Gasteiger partial charge in [-0.05, 0) is 31.2 Å². The minimum absolute atomic E-state index is 0.0925. The van der Waals surface area contributed by atoms with Crippen LogP contribution in [0.2, 0.25) is 5.15 Å².